The molecule has 1 aromatic carbocycles. The molecule has 5 nitrogen and oxygen atoms in total. The van der Waals surface area contributed by atoms with Crippen LogP contribution in [-0.2, 0) is 6.54 Å². The lowest BCUT2D eigenvalue weighted by atomic mass is 10.2. The Morgan fingerprint density at radius 3 is 2.78 bits per heavy atom. The molecule has 0 aliphatic heterocycles. The van der Waals surface area contributed by atoms with E-state index in [1.165, 1.54) is 18.2 Å². The summed E-state index contributed by atoms with van der Waals surface area (Å²) >= 11 is 0. The van der Waals surface area contributed by atoms with Crippen LogP contribution in [-0.4, -0.2) is 4.92 Å². The van der Waals surface area contributed by atoms with Crippen LogP contribution in [0.25, 0.3) is 0 Å². The van der Waals surface area contributed by atoms with Crippen molar-refractivity contribution in [2.75, 3.05) is 5.32 Å². The van der Waals surface area contributed by atoms with E-state index in [0.717, 1.165) is 5.56 Å². The molecule has 0 unspecified atom stereocenters. The van der Waals surface area contributed by atoms with E-state index in [4.69, 9.17) is 4.42 Å². The summed E-state index contributed by atoms with van der Waals surface area (Å²) in [6.45, 7) is 1.96. The first kappa shape index (κ1) is 12.1. The standard InChI is InChI=1S/C12H11FN2O3/c1-8-3-2-4-10(13)12(8)14-7-9-5-6-11(18-9)15(16)17/h2-6,14H,7H2,1H3. The van der Waals surface area contributed by atoms with E-state index in [2.05, 4.69) is 5.32 Å². The van der Waals surface area contributed by atoms with Gasteiger partial charge in [-0.05, 0) is 24.6 Å². The second-order valence-electron chi connectivity index (χ2n) is 3.78. The average Bonchev–Trinajstić information content (AvgIpc) is 2.77. The Balaban J connectivity index is 2.09. The molecule has 0 aliphatic rings. The molecule has 1 heterocycles. The number of rotatable bonds is 4. The number of aryl methyl sites for hydroxylation is 1. The van der Waals surface area contributed by atoms with Crippen molar-refractivity contribution >= 4 is 11.6 Å². The van der Waals surface area contributed by atoms with Crippen molar-refractivity contribution in [2.45, 2.75) is 13.5 Å². The summed E-state index contributed by atoms with van der Waals surface area (Å²) in [6.07, 6.45) is 0. The van der Waals surface area contributed by atoms with Gasteiger partial charge >= 0.3 is 5.88 Å². The highest BCUT2D eigenvalue weighted by atomic mass is 19.1. The maximum Gasteiger partial charge on any atom is 0.433 e. The Kier molecular flexibility index (Phi) is 3.27. The normalized spacial score (nSPS) is 10.3. The lowest BCUT2D eigenvalue weighted by Gasteiger charge is -2.08. The molecule has 0 saturated heterocycles. The fourth-order valence-corrected chi connectivity index (χ4v) is 1.59. The molecule has 6 heteroatoms. The van der Waals surface area contributed by atoms with Gasteiger partial charge in [0.25, 0.3) is 0 Å². The van der Waals surface area contributed by atoms with Crippen molar-refractivity contribution in [2.24, 2.45) is 0 Å². The summed E-state index contributed by atoms with van der Waals surface area (Å²) in [7, 11) is 0. The molecule has 18 heavy (non-hydrogen) atoms. The van der Waals surface area contributed by atoms with Crippen molar-refractivity contribution in [3.05, 3.63) is 57.6 Å². The van der Waals surface area contributed by atoms with Crippen LogP contribution in [0.5, 0.6) is 0 Å². The summed E-state index contributed by atoms with van der Waals surface area (Å²) < 4.78 is 18.4. The number of furan rings is 1. The van der Waals surface area contributed by atoms with Crippen LogP contribution in [0.4, 0.5) is 16.0 Å². The number of halogens is 1. The monoisotopic (exact) mass is 250 g/mol. The summed E-state index contributed by atoms with van der Waals surface area (Å²) in [5.74, 6) is -0.308. The first-order valence-corrected chi connectivity index (χ1v) is 5.30. The highest BCUT2D eigenvalue weighted by Crippen LogP contribution is 2.21. The SMILES string of the molecule is Cc1cccc(F)c1NCc1ccc([N+](=O)[O-])o1. The summed E-state index contributed by atoms with van der Waals surface area (Å²) in [6, 6.07) is 7.50. The molecule has 0 bridgehead atoms. The highest BCUT2D eigenvalue weighted by Gasteiger charge is 2.12. The summed E-state index contributed by atoms with van der Waals surface area (Å²) in [5, 5.41) is 13.3. The molecule has 0 aliphatic carbocycles. The number of benzene rings is 1. The molecule has 0 saturated carbocycles. The Labute approximate surface area is 102 Å². The number of hydrogen-bond donors (Lipinski definition) is 1. The van der Waals surface area contributed by atoms with Crippen LogP contribution < -0.4 is 5.32 Å². The largest absolute Gasteiger partial charge is 0.433 e. The molecule has 0 atom stereocenters. The van der Waals surface area contributed by atoms with Gasteiger partial charge in [-0.25, -0.2) is 4.39 Å². The number of nitrogens with one attached hydrogen (secondary N) is 1. The Morgan fingerprint density at radius 1 is 1.39 bits per heavy atom. The zero-order valence-electron chi connectivity index (χ0n) is 9.64. The third-order valence-electron chi connectivity index (χ3n) is 2.49. The lowest BCUT2D eigenvalue weighted by Crippen LogP contribution is -2.02. The van der Waals surface area contributed by atoms with Gasteiger partial charge in [-0.1, -0.05) is 12.1 Å². The fraction of sp³-hybridized carbons (Fsp3) is 0.167. The molecule has 0 fully saturated rings. The molecule has 1 aromatic heterocycles. The lowest BCUT2D eigenvalue weighted by molar-refractivity contribution is -0.402. The minimum atomic E-state index is -0.613. The Bertz CT molecular complexity index is 560. The van der Waals surface area contributed by atoms with Gasteiger partial charge < -0.3 is 9.73 Å². The van der Waals surface area contributed by atoms with Crippen LogP contribution in [0.15, 0.2) is 34.7 Å². The van der Waals surface area contributed by atoms with Crippen molar-refractivity contribution < 1.29 is 13.7 Å². The number of para-hydroxylation sites is 1. The zero-order chi connectivity index (χ0) is 13.1. The van der Waals surface area contributed by atoms with Gasteiger partial charge in [-0.15, -0.1) is 0 Å². The van der Waals surface area contributed by atoms with Crippen LogP contribution in [0, 0.1) is 22.9 Å². The number of anilines is 1. The van der Waals surface area contributed by atoms with E-state index in [9.17, 15) is 14.5 Å². The van der Waals surface area contributed by atoms with Crippen LogP contribution in [0.2, 0.25) is 0 Å². The third-order valence-corrected chi connectivity index (χ3v) is 2.49. The smallest absolute Gasteiger partial charge is 0.404 e. The number of nitro groups is 1. The van der Waals surface area contributed by atoms with Crippen molar-refractivity contribution in [1.82, 2.24) is 0 Å². The van der Waals surface area contributed by atoms with E-state index in [1.807, 2.05) is 0 Å². The minimum absolute atomic E-state index is 0.190. The van der Waals surface area contributed by atoms with Gasteiger partial charge in [-0.2, -0.15) is 0 Å². The highest BCUT2D eigenvalue weighted by molar-refractivity contribution is 5.51. The topological polar surface area (TPSA) is 68.3 Å². The van der Waals surface area contributed by atoms with Crippen LogP contribution >= 0.6 is 0 Å². The van der Waals surface area contributed by atoms with Gasteiger partial charge in [-0.3, -0.25) is 10.1 Å². The Morgan fingerprint density at radius 2 is 2.17 bits per heavy atom. The van der Waals surface area contributed by atoms with Crippen molar-refractivity contribution in [3.63, 3.8) is 0 Å². The summed E-state index contributed by atoms with van der Waals surface area (Å²) in [4.78, 5) is 9.81. The second-order valence-corrected chi connectivity index (χ2v) is 3.78. The van der Waals surface area contributed by atoms with Gasteiger partial charge in [0, 0.05) is 0 Å². The maximum absolute atomic E-state index is 13.5. The van der Waals surface area contributed by atoms with Crippen molar-refractivity contribution in [1.29, 1.82) is 0 Å². The number of hydrogen-bond acceptors (Lipinski definition) is 4. The molecular formula is C12H11FN2O3. The molecule has 2 rings (SSSR count). The van der Waals surface area contributed by atoms with Crippen LogP contribution in [0.1, 0.15) is 11.3 Å². The molecule has 1 N–H and O–H groups in total. The van der Waals surface area contributed by atoms with Gasteiger partial charge in [0.05, 0.1) is 18.3 Å². The van der Waals surface area contributed by atoms with E-state index in [-0.39, 0.29) is 18.2 Å². The predicted octanol–water partition coefficient (Wildman–Crippen LogP) is 3.25. The fourth-order valence-electron chi connectivity index (χ4n) is 1.59. The second kappa shape index (κ2) is 4.87. The van der Waals surface area contributed by atoms with Crippen molar-refractivity contribution in [3.8, 4) is 0 Å². The van der Waals surface area contributed by atoms with Gasteiger partial charge in [0.2, 0.25) is 0 Å². The van der Waals surface area contributed by atoms with E-state index >= 15 is 0 Å². The minimum Gasteiger partial charge on any atom is -0.404 e. The van der Waals surface area contributed by atoms with Gasteiger partial charge in [0.15, 0.2) is 0 Å². The van der Waals surface area contributed by atoms with Gasteiger partial charge in [0.1, 0.15) is 16.5 Å². The maximum atomic E-state index is 13.5. The average molecular weight is 250 g/mol. The molecule has 0 amide bonds. The molecule has 0 spiro atoms. The van der Waals surface area contributed by atoms with E-state index in [1.54, 1.807) is 19.1 Å². The quantitative estimate of drug-likeness (QED) is 0.668. The number of nitrogens with zero attached hydrogens (tertiary/aromatic N) is 1. The molecule has 0 radical (unpaired) electrons. The van der Waals surface area contributed by atoms with E-state index < -0.39 is 4.92 Å². The van der Waals surface area contributed by atoms with Crippen LogP contribution in [0.3, 0.4) is 0 Å². The van der Waals surface area contributed by atoms with E-state index in [0.29, 0.717) is 11.4 Å². The Hall–Kier alpha value is -2.37. The summed E-state index contributed by atoms with van der Waals surface area (Å²) in [5.41, 5.74) is 1.13. The molecule has 94 valence electrons. The first-order chi connectivity index (χ1) is 8.58. The third kappa shape index (κ3) is 2.48. The molecular weight excluding hydrogens is 239 g/mol. The molecule has 2 aromatic rings. The zero-order valence-corrected chi connectivity index (χ0v) is 9.64. The predicted molar refractivity (Wildman–Crippen MR) is 63.8 cm³/mol. The first-order valence-electron chi connectivity index (χ1n) is 5.30.